The second-order valence-electron chi connectivity index (χ2n) is 6.96. The standard InChI is InChI=1S/C23H23N3O/c1-25(17-18-8-3-2-4-9-18)23(27)20-14-21(16-24-15-20)26-13-7-11-19-10-5-6-12-22(19)26/h2-6,8-10,12,14-16H,7,11,13,17H2,1H3. The lowest BCUT2D eigenvalue weighted by Crippen LogP contribution is -2.27. The number of aryl methyl sites for hydroxylation is 1. The lowest BCUT2D eigenvalue weighted by Gasteiger charge is -2.31. The van der Waals surface area contributed by atoms with Gasteiger partial charge in [-0.15, -0.1) is 0 Å². The minimum absolute atomic E-state index is 0.0153. The molecule has 1 aliphatic heterocycles. The van der Waals surface area contributed by atoms with Crippen LogP contribution in [0.3, 0.4) is 0 Å². The average molecular weight is 357 g/mol. The Morgan fingerprint density at radius 2 is 1.85 bits per heavy atom. The van der Waals surface area contributed by atoms with Crippen molar-refractivity contribution in [1.29, 1.82) is 0 Å². The number of benzene rings is 2. The van der Waals surface area contributed by atoms with Gasteiger partial charge in [-0.3, -0.25) is 9.78 Å². The number of nitrogens with zero attached hydrogens (tertiary/aromatic N) is 3. The molecule has 0 N–H and O–H groups in total. The molecule has 136 valence electrons. The van der Waals surface area contributed by atoms with Crippen LogP contribution < -0.4 is 4.90 Å². The molecular weight excluding hydrogens is 334 g/mol. The normalized spacial score (nSPS) is 13.1. The Morgan fingerprint density at radius 1 is 1.07 bits per heavy atom. The Bertz CT molecular complexity index is 939. The lowest BCUT2D eigenvalue weighted by atomic mass is 10.0. The Morgan fingerprint density at radius 3 is 2.70 bits per heavy atom. The minimum Gasteiger partial charge on any atom is -0.340 e. The van der Waals surface area contributed by atoms with Gasteiger partial charge in [0.15, 0.2) is 0 Å². The van der Waals surface area contributed by atoms with Crippen LogP contribution in [-0.2, 0) is 13.0 Å². The molecule has 3 aromatic rings. The van der Waals surface area contributed by atoms with Gasteiger partial charge in [0.05, 0.1) is 17.4 Å². The maximum Gasteiger partial charge on any atom is 0.255 e. The van der Waals surface area contributed by atoms with E-state index in [2.05, 4.69) is 34.1 Å². The zero-order chi connectivity index (χ0) is 18.6. The van der Waals surface area contributed by atoms with Crippen molar-refractivity contribution in [2.45, 2.75) is 19.4 Å². The van der Waals surface area contributed by atoms with Gasteiger partial charge in [-0.25, -0.2) is 0 Å². The van der Waals surface area contributed by atoms with Gasteiger partial charge in [-0.1, -0.05) is 48.5 Å². The fourth-order valence-electron chi connectivity index (χ4n) is 3.64. The zero-order valence-corrected chi connectivity index (χ0v) is 15.5. The van der Waals surface area contributed by atoms with Crippen molar-refractivity contribution in [3.8, 4) is 0 Å². The number of amides is 1. The molecule has 0 aliphatic carbocycles. The summed E-state index contributed by atoms with van der Waals surface area (Å²) in [6.45, 7) is 1.52. The molecular formula is C23H23N3O. The van der Waals surface area contributed by atoms with Crippen molar-refractivity contribution in [3.05, 3.63) is 89.7 Å². The van der Waals surface area contributed by atoms with Gasteiger partial charge >= 0.3 is 0 Å². The van der Waals surface area contributed by atoms with Crippen LogP contribution in [0.1, 0.15) is 27.9 Å². The maximum atomic E-state index is 12.9. The number of pyridine rings is 1. The van der Waals surface area contributed by atoms with E-state index in [1.54, 1.807) is 11.1 Å². The average Bonchev–Trinajstić information content (AvgIpc) is 2.73. The monoisotopic (exact) mass is 357 g/mol. The van der Waals surface area contributed by atoms with E-state index in [0.717, 1.165) is 30.6 Å². The molecule has 0 radical (unpaired) electrons. The summed E-state index contributed by atoms with van der Waals surface area (Å²) < 4.78 is 0. The van der Waals surface area contributed by atoms with E-state index in [-0.39, 0.29) is 5.91 Å². The minimum atomic E-state index is -0.0153. The highest BCUT2D eigenvalue weighted by atomic mass is 16.2. The largest absolute Gasteiger partial charge is 0.340 e. The second-order valence-corrected chi connectivity index (χ2v) is 6.96. The van der Waals surface area contributed by atoms with Crippen LogP contribution in [-0.4, -0.2) is 29.4 Å². The van der Waals surface area contributed by atoms with Gasteiger partial charge in [0.25, 0.3) is 5.91 Å². The summed E-state index contributed by atoms with van der Waals surface area (Å²) in [6, 6.07) is 20.4. The summed E-state index contributed by atoms with van der Waals surface area (Å²) in [5.74, 6) is -0.0153. The van der Waals surface area contributed by atoms with E-state index in [1.165, 1.54) is 11.3 Å². The van der Waals surface area contributed by atoms with Crippen molar-refractivity contribution in [2.24, 2.45) is 0 Å². The molecule has 0 atom stereocenters. The highest BCUT2D eigenvalue weighted by molar-refractivity contribution is 5.94. The van der Waals surface area contributed by atoms with Crippen LogP contribution in [0.4, 0.5) is 11.4 Å². The summed E-state index contributed by atoms with van der Waals surface area (Å²) in [5.41, 5.74) is 5.27. The van der Waals surface area contributed by atoms with Crippen molar-refractivity contribution in [2.75, 3.05) is 18.5 Å². The third kappa shape index (κ3) is 3.70. The molecule has 1 amide bonds. The Kier molecular flexibility index (Phi) is 4.88. The number of aromatic nitrogens is 1. The van der Waals surface area contributed by atoms with Crippen molar-refractivity contribution in [1.82, 2.24) is 9.88 Å². The van der Waals surface area contributed by atoms with Crippen LogP contribution in [0.5, 0.6) is 0 Å². The fourth-order valence-corrected chi connectivity index (χ4v) is 3.64. The first-order valence-corrected chi connectivity index (χ1v) is 9.32. The molecule has 4 heteroatoms. The highest BCUT2D eigenvalue weighted by Gasteiger charge is 2.20. The van der Waals surface area contributed by atoms with Crippen molar-refractivity contribution >= 4 is 17.3 Å². The molecule has 0 saturated carbocycles. The quantitative estimate of drug-likeness (QED) is 0.693. The number of hydrogen-bond donors (Lipinski definition) is 0. The topological polar surface area (TPSA) is 36.4 Å². The van der Waals surface area contributed by atoms with Gasteiger partial charge in [0.2, 0.25) is 0 Å². The van der Waals surface area contributed by atoms with E-state index in [4.69, 9.17) is 0 Å². The summed E-state index contributed by atoms with van der Waals surface area (Å²) in [4.78, 5) is 21.3. The third-order valence-corrected chi connectivity index (χ3v) is 5.00. The van der Waals surface area contributed by atoms with Gasteiger partial charge in [0.1, 0.15) is 0 Å². The molecule has 0 saturated heterocycles. The molecule has 0 bridgehead atoms. The molecule has 0 fully saturated rings. The SMILES string of the molecule is CN(Cc1ccccc1)C(=O)c1cncc(N2CCCc3ccccc32)c1. The number of rotatable bonds is 4. The number of fused-ring (bicyclic) bond motifs is 1. The summed E-state index contributed by atoms with van der Waals surface area (Å²) >= 11 is 0. The highest BCUT2D eigenvalue weighted by Crippen LogP contribution is 2.33. The summed E-state index contributed by atoms with van der Waals surface area (Å²) in [6.07, 6.45) is 5.70. The molecule has 1 aliphatic rings. The number of hydrogen-bond acceptors (Lipinski definition) is 3. The molecule has 0 spiro atoms. The molecule has 4 nitrogen and oxygen atoms in total. The molecule has 2 heterocycles. The lowest BCUT2D eigenvalue weighted by molar-refractivity contribution is 0.0784. The first-order valence-electron chi connectivity index (χ1n) is 9.32. The Hall–Kier alpha value is -3.14. The van der Waals surface area contributed by atoms with Crippen LogP contribution in [0.25, 0.3) is 0 Å². The third-order valence-electron chi connectivity index (χ3n) is 5.00. The van der Waals surface area contributed by atoms with Crippen LogP contribution in [0.15, 0.2) is 73.1 Å². The predicted octanol–water partition coefficient (Wildman–Crippen LogP) is 4.44. The smallest absolute Gasteiger partial charge is 0.255 e. The number of carbonyl (C=O) groups excluding carboxylic acids is 1. The Balaban J connectivity index is 1.57. The van der Waals surface area contributed by atoms with E-state index in [9.17, 15) is 4.79 Å². The number of anilines is 2. The molecule has 27 heavy (non-hydrogen) atoms. The molecule has 2 aromatic carbocycles. The van der Waals surface area contributed by atoms with E-state index in [1.807, 2.05) is 49.6 Å². The van der Waals surface area contributed by atoms with E-state index >= 15 is 0 Å². The first-order chi connectivity index (χ1) is 13.2. The fraction of sp³-hybridized carbons (Fsp3) is 0.217. The van der Waals surface area contributed by atoms with Gasteiger partial charge in [-0.2, -0.15) is 0 Å². The molecule has 4 rings (SSSR count). The van der Waals surface area contributed by atoms with Gasteiger partial charge in [-0.05, 0) is 36.1 Å². The van der Waals surface area contributed by atoms with E-state index < -0.39 is 0 Å². The summed E-state index contributed by atoms with van der Waals surface area (Å²) in [5, 5.41) is 0. The second kappa shape index (κ2) is 7.62. The van der Waals surface area contributed by atoms with Gasteiger partial charge < -0.3 is 9.80 Å². The first kappa shape index (κ1) is 17.3. The molecule has 0 unspecified atom stereocenters. The van der Waals surface area contributed by atoms with E-state index in [0.29, 0.717) is 12.1 Å². The van der Waals surface area contributed by atoms with Gasteiger partial charge in [0, 0.05) is 32.0 Å². The summed E-state index contributed by atoms with van der Waals surface area (Å²) in [7, 11) is 1.83. The van der Waals surface area contributed by atoms with Crippen LogP contribution in [0.2, 0.25) is 0 Å². The maximum absolute atomic E-state index is 12.9. The van der Waals surface area contributed by atoms with Crippen LogP contribution in [0, 0.1) is 0 Å². The van der Waals surface area contributed by atoms with Crippen LogP contribution >= 0.6 is 0 Å². The Labute approximate surface area is 160 Å². The molecule has 1 aromatic heterocycles. The zero-order valence-electron chi connectivity index (χ0n) is 15.5. The number of carbonyl (C=O) groups is 1. The van der Waals surface area contributed by atoms with Crippen molar-refractivity contribution in [3.63, 3.8) is 0 Å². The van der Waals surface area contributed by atoms with Crippen molar-refractivity contribution < 1.29 is 4.79 Å². The predicted molar refractivity (Wildman–Crippen MR) is 108 cm³/mol. The number of para-hydroxylation sites is 1.